The van der Waals surface area contributed by atoms with Crippen molar-refractivity contribution in [3.05, 3.63) is 36.4 Å². The molecule has 1 aromatic carbocycles. The van der Waals surface area contributed by atoms with Gasteiger partial charge in [-0.3, -0.25) is 0 Å². The van der Waals surface area contributed by atoms with Crippen LogP contribution in [-0.4, -0.2) is 25.0 Å². The number of hydrogen-bond donors (Lipinski definition) is 1. The van der Waals surface area contributed by atoms with E-state index in [0.29, 0.717) is 11.3 Å². The minimum atomic E-state index is -0.490. The summed E-state index contributed by atoms with van der Waals surface area (Å²) in [6.07, 6.45) is 0. The van der Waals surface area contributed by atoms with Gasteiger partial charge < -0.3 is 14.6 Å². The number of benzene rings is 1. The molecule has 0 unspecified atom stereocenters. The van der Waals surface area contributed by atoms with E-state index in [-0.39, 0.29) is 5.57 Å². The van der Waals surface area contributed by atoms with E-state index in [1.54, 1.807) is 24.3 Å². The average molecular weight is 208 g/mol. The zero-order chi connectivity index (χ0) is 11.3. The van der Waals surface area contributed by atoms with Crippen LogP contribution in [0.15, 0.2) is 30.8 Å². The molecule has 0 aliphatic carbocycles. The predicted octanol–water partition coefficient (Wildman–Crippen LogP) is 1.20. The molecule has 0 aromatic heterocycles. The molecule has 0 amide bonds. The van der Waals surface area contributed by atoms with Crippen LogP contribution in [0.25, 0.3) is 5.57 Å². The van der Waals surface area contributed by atoms with Crippen LogP contribution in [0.1, 0.15) is 5.56 Å². The third kappa shape index (κ3) is 2.82. The average Bonchev–Trinajstić information content (AvgIpc) is 2.28. The van der Waals surface area contributed by atoms with Crippen molar-refractivity contribution >= 4 is 11.5 Å². The van der Waals surface area contributed by atoms with Gasteiger partial charge in [-0.05, 0) is 17.7 Å². The van der Waals surface area contributed by atoms with Crippen molar-refractivity contribution in [2.45, 2.75) is 0 Å². The third-order valence-electron chi connectivity index (χ3n) is 1.85. The molecule has 4 nitrogen and oxygen atoms in total. The minimum absolute atomic E-state index is 0.251. The van der Waals surface area contributed by atoms with Gasteiger partial charge in [0.05, 0.1) is 12.7 Å². The SMILES string of the molecule is C=C(C(=O)OC)c1cccc(OCO)c1. The highest BCUT2D eigenvalue weighted by atomic mass is 16.6. The normalized spacial score (nSPS) is 9.47. The van der Waals surface area contributed by atoms with E-state index >= 15 is 0 Å². The van der Waals surface area contributed by atoms with Crippen LogP contribution in [0.5, 0.6) is 5.75 Å². The molecule has 0 aliphatic heterocycles. The van der Waals surface area contributed by atoms with Crippen molar-refractivity contribution in [1.82, 2.24) is 0 Å². The Kier molecular flexibility index (Phi) is 3.88. The Morgan fingerprint density at radius 3 is 2.87 bits per heavy atom. The van der Waals surface area contributed by atoms with Gasteiger partial charge in [0.2, 0.25) is 0 Å². The molecule has 0 heterocycles. The van der Waals surface area contributed by atoms with Gasteiger partial charge in [0.25, 0.3) is 0 Å². The van der Waals surface area contributed by atoms with Crippen molar-refractivity contribution in [2.75, 3.05) is 13.9 Å². The monoisotopic (exact) mass is 208 g/mol. The molecule has 0 saturated heterocycles. The largest absolute Gasteiger partial charge is 0.468 e. The van der Waals surface area contributed by atoms with Gasteiger partial charge in [0.1, 0.15) is 5.75 Å². The van der Waals surface area contributed by atoms with Gasteiger partial charge in [0.15, 0.2) is 6.79 Å². The lowest BCUT2D eigenvalue weighted by Crippen LogP contribution is -2.03. The van der Waals surface area contributed by atoms with E-state index in [1.165, 1.54) is 7.11 Å². The number of aliphatic hydroxyl groups excluding tert-OH is 1. The first-order valence-electron chi connectivity index (χ1n) is 4.30. The molecule has 0 aliphatic rings. The summed E-state index contributed by atoms with van der Waals surface area (Å²) in [5.41, 5.74) is 0.855. The van der Waals surface area contributed by atoms with E-state index in [0.717, 1.165) is 0 Å². The lowest BCUT2D eigenvalue weighted by molar-refractivity contribution is -0.133. The highest BCUT2D eigenvalue weighted by Crippen LogP contribution is 2.19. The summed E-state index contributed by atoms with van der Waals surface area (Å²) < 4.78 is 9.41. The van der Waals surface area contributed by atoms with Crippen LogP contribution in [-0.2, 0) is 9.53 Å². The van der Waals surface area contributed by atoms with E-state index in [1.807, 2.05) is 0 Å². The fraction of sp³-hybridized carbons (Fsp3) is 0.182. The fourth-order valence-corrected chi connectivity index (χ4v) is 1.09. The summed E-state index contributed by atoms with van der Waals surface area (Å²) in [6.45, 7) is 3.20. The number of methoxy groups -OCH3 is 1. The van der Waals surface area contributed by atoms with Gasteiger partial charge in [-0.2, -0.15) is 0 Å². The van der Waals surface area contributed by atoms with Gasteiger partial charge in [-0.1, -0.05) is 18.7 Å². The van der Waals surface area contributed by atoms with Gasteiger partial charge in [-0.25, -0.2) is 4.79 Å². The van der Waals surface area contributed by atoms with Gasteiger partial charge in [-0.15, -0.1) is 0 Å². The highest BCUT2D eigenvalue weighted by molar-refractivity contribution is 6.15. The number of esters is 1. The summed E-state index contributed by atoms with van der Waals surface area (Å²) in [6, 6.07) is 6.69. The summed E-state index contributed by atoms with van der Waals surface area (Å²) in [5.74, 6) is -0.0174. The Hall–Kier alpha value is -1.81. The summed E-state index contributed by atoms with van der Waals surface area (Å²) in [7, 11) is 1.29. The van der Waals surface area contributed by atoms with Crippen molar-refractivity contribution < 1.29 is 19.4 Å². The molecule has 0 spiro atoms. The second kappa shape index (κ2) is 5.17. The number of hydrogen-bond acceptors (Lipinski definition) is 4. The molecule has 80 valence electrons. The molecule has 0 radical (unpaired) electrons. The van der Waals surface area contributed by atoms with Gasteiger partial charge >= 0.3 is 5.97 Å². The second-order valence-electron chi connectivity index (χ2n) is 2.77. The summed E-state index contributed by atoms with van der Waals surface area (Å²) in [4.78, 5) is 11.2. The van der Waals surface area contributed by atoms with Crippen LogP contribution >= 0.6 is 0 Å². The Balaban J connectivity index is 2.90. The fourth-order valence-electron chi connectivity index (χ4n) is 1.09. The van der Waals surface area contributed by atoms with E-state index < -0.39 is 12.8 Å². The van der Waals surface area contributed by atoms with Crippen LogP contribution in [0.3, 0.4) is 0 Å². The van der Waals surface area contributed by atoms with Crippen LogP contribution < -0.4 is 4.74 Å². The Morgan fingerprint density at radius 2 is 2.27 bits per heavy atom. The molecular weight excluding hydrogens is 196 g/mol. The molecule has 0 saturated carbocycles. The maximum absolute atomic E-state index is 11.2. The van der Waals surface area contributed by atoms with Crippen molar-refractivity contribution in [1.29, 1.82) is 0 Å². The number of carbonyl (C=O) groups is 1. The lowest BCUT2D eigenvalue weighted by atomic mass is 10.1. The number of ether oxygens (including phenoxy) is 2. The number of carbonyl (C=O) groups excluding carboxylic acids is 1. The molecule has 0 fully saturated rings. The summed E-state index contributed by atoms with van der Waals surface area (Å²) >= 11 is 0. The minimum Gasteiger partial charge on any atom is -0.468 e. The maximum atomic E-state index is 11.2. The van der Waals surface area contributed by atoms with E-state index in [4.69, 9.17) is 9.84 Å². The zero-order valence-electron chi connectivity index (χ0n) is 8.40. The molecule has 1 aromatic rings. The van der Waals surface area contributed by atoms with Gasteiger partial charge in [0, 0.05) is 0 Å². The molecule has 15 heavy (non-hydrogen) atoms. The smallest absolute Gasteiger partial charge is 0.337 e. The third-order valence-corrected chi connectivity index (χ3v) is 1.85. The van der Waals surface area contributed by atoms with Crippen molar-refractivity contribution in [3.63, 3.8) is 0 Å². The predicted molar refractivity (Wildman–Crippen MR) is 55.2 cm³/mol. The lowest BCUT2D eigenvalue weighted by Gasteiger charge is -2.06. The molecule has 0 atom stereocenters. The topological polar surface area (TPSA) is 55.8 Å². The Morgan fingerprint density at radius 1 is 1.53 bits per heavy atom. The maximum Gasteiger partial charge on any atom is 0.337 e. The van der Waals surface area contributed by atoms with E-state index in [2.05, 4.69) is 11.3 Å². The van der Waals surface area contributed by atoms with E-state index in [9.17, 15) is 4.79 Å². The molecule has 0 bridgehead atoms. The highest BCUT2D eigenvalue weighted by Gasteiger charge is 2.09. The van der Waals surface area contributed by atoms with Crippen molar-refractivity contribution in [2.24, 2.45) is 0 Å². The second-order valence-corrected chi connectivity index (χ2v) is 2.77. The first-order chi connectivity index (χ1) is 7.19. The van der Waals surface area contributed by atoms with Crippen LogP contribution in [0.2, 0.25) is 0 Å². The standard InChI is InChI=1S/C11H12O4/c1-8(11(13)14-2)9-4-3-5-10(6-9)15-7-12/h3-6,12H,1,7H2,2H3. The summed E-state index contributed by atoms with van der Waals surface area (Å²) in [5, 5.41) is 8.57. The Labute approximate surface area is 87.7 Å². The first-order valence-corrected chi connectivity index (χ1v) is 4.30. The van der Waals surface area contributed by atoms with Crippen LogP contribution in [0.4, 0.5) is 0 Å². The molecule has 4 heteroatoms. The number of rotatable bonds is 4. The number of aliphatic hydroxyl groups is 1. The van der Waals surface area contributed by atoms with Crippen LogP contribution in [0, 0.1) is 0 Å². The Bertz CT molecular complexity index is 371. The first kappa shape index (κ1) is 11.3. The quantitative estimate of drug-likeness (QED) is 0.459. The molecule has 1 rings (SSSR count). The molecule has 1 N–H and O–H groups in total. The van der Waals surface area contributed by atoms with Crippen molar-refractivity contribution in [3.8, 4) is 5.75 Å². The zero-order valence-corrected chi connectivity index (χ0v) is 8.40. The molecular formula is C11H12O4.